The summed E-state index contributed by atoms with van der Waals surface area (Å²) in [5.41, 5.74) is 4.54. The topological polar surface area (TPSA) is 109 Å². The summed E-state index contributed by atoms with van der Waals surface area (Å²) in [6.07, 6.45) is 1.60. The Kier molecular flexibility index (Phi) is 4.45. The molecular weight excluding hydrogens is 368 g/mol. The first-order chi connectivity index (χ1) is 13.9. The molecule has 2 aromatic carbocycles. The molecule has 7 heteroatoms. The lowest BCUT2D eigenvalue weighted by Crippen LogP contribution is -1.89. The van der Waals surface area contributed by atoms with Crippen molar-refractivity contribution in [2.24, 2.45) is 0 Å². The van der Waals surface area contributed by atoms with Crippen LogP contribution in [0.3, 0.4) is 0 Å². The number of hydrogen-bond acceptors (Lipinski definition) is 5. The van der Waals surface area contributed by atoms with Crippen LogP contribution < -0.4 is 0 Å². The van der Waals surface area contributed by atoms with Crippen LogP contribution >= 0.6 is 0 Å². The Morgan fingerprint density at radius 3 is 2.79 bits per heavy atom. The van der Waals surface area contributed by atoms with Crippen LogP contribution in [0.4, 0.5) is 5.69 Å². The number of nitro groups is 1. The van der Waals surface area contributed by atoms with Crippen molar-refractivity contribution in [1.29, 1.82) is 5.26 Å². The summed E-state index contributed by atoms with van der Waals surface area (Å²) in [7, 11) is 0. The molecule has 142 valence electrons. The number of nitro benzene ring substituents is 1. The highest BCUT2D eigenvalue weighted by Gasteiger charge is 2.14. The average molecular weight is 384 g/mol. The molecule has 0 aliphatic carbocycles. The van der Waals surface area contributed by atoms with E-state index in [2.05, 4.69) is 16.0 Å². The van der Waals surface area contributed by atoms with E-state index in [4.69, 9.17) is 4.42 Å². The number of H-pyrrole nitrogens is 1. The van der Waals surface area contributed by atoms with Gasteiger partial charge in [-0.25, -0.2) is 4.98 Å². The normalized spacial score (nSPS) is 11.6. The summed E-state index contributed by atoms with van der Waals surface area (Å²) in [6.45, 7) is 3.84. The largest absolute Gasteiger partial charge is 0.457 e. The van der Waals surface area contributed by atoms with Crippen LogP contribution in [0.2, 0.25) is 0 Å². The number of furan rings is 1. The lowest BCUT2D eigenvalue weighted by Gasteiger charge is -2.02. The summed E-state index contributed by atoms with van der Waals surface area (Å²) in [5, 5.41) is 20.6. The summed E-state index contributed by atoms with van der Waals surface area (Å²) >= 11 is 0. The van der Waals surface area contributed by atoms with Crippen molar-refractivity contribution in [3.63, 3.8) is 0 Å². The first-order valence-corrected chi connectivity index (χ1v) is 8.88. The number of aryl methyl sites for hydroxylation is 2. The third kappa shape index (κ3) is 3.51. The van der Waals surface area contributed by atoms with Gasteiger partial charge in [-0.1, -0.05) is 12.1 Å². The second-order valence-electron chi connectivity index (χ2n) is 6.73. The summed E-state index contributed by atoms with van der Waals surface area (Å²) in [4.78, 5) is 18.2. The average Bonchev–Trinajstić information content (AvgIpc) is 3.32. The van der Waals surface area contributed by atoms with Crippen LogP contribution in [-0.4, -0.2) is 14.9 Å². The molecule has 4 aromatic rings. The van der Waals surface area contributed by atoms with Crippen molar-refractivity contribution in [2.45, 2.75) is 13.8 Å². The number of nitriles is 1. The second-order valence-corrected chi connectivity index (χ2v) is 6.73. The van der Waals surface area contributed by atoms with Crippen molar-refractivity contribution in [2.75, 3.05) is 0 Å². The Bertz CT molecular complexity index is 1320. The Morgan fingerprint density at radius 2 is 2.03 bits per heavy atom. The number of non-ortho nitro benzene ring substituents is 1. The molecule has 0 saturated carbocycles. The fourth-order valence-electron chi connectivity index (χ4n) is 3.11. The molecular formula is C22H16N4O3. The predicted molar refractivity (Wildman–Crippen MR) is 110 cm³/mol. The van der Waals surface area contributed by atoms with Crippen LogP contribution in [0.15, 0.2) is 52.9 Å². The molecule has 0 aliphatic heterocycles. The van der Waals surface area contributed by atoms with Crippen LogP contribution in [-0.2, 0) is 0 Å². The number of hydrogen-bond donors (Lipinski definition) is 1. The van der Waals surface area contributed by atoms with Gasteiger partial charge < -0.3 is 9.40 Å². The van der Waals surface area contributed by atoms with Gasteiger partial charge in [-0.2, -0.15) is 5.26 Å². The molecule has 1 N–H and O–H groups in total. The lowest BCUT2D eigenvalue weighted by molar-refractivity contribution is -0.384. The molecule has 4 rings (SSSR count). The van der Waals surface area contributed by atoms with E-state index in [0.717, 1.165) is 22.2 Å². The maximum atomic E-state index is 11.1. The highest BCUT2D eigenvalue weighted by atomic mass is 16.6. The third-order valence-electron chi connectivity index (χ3n) is 4.62. The Morgan fingerprint density at radius 1 is 1.21 bits per heavy atom. The summed E-state index contributed by atoms with van der Waals surface area (Å²) in [6, 6.07) is 16.0. The minimum Gasteiger partial charge on any atom is -0.457 e. The van der Waals surface area contributed by atoms with Crippen molar-refractivity contribution in [3.8, 4) is 17.4 Å². The smallest absolute Gasteiger partial charge is 0.270 e. The molecule has 0 atom stereocenters. The fourth-order valence-corrected chi connectivity index (χ4v) is 3.11. The van der Waals surface area contributed by atoms with Gasteiger partial charge in [0, 0.05) is 23.8 Å². The van der Waals surface area contributed by atoms with E-state index in [0.29, 0.717) is 28.5 Å². The lowest BCUT2D eigenvalue weighted by atomic mass is 10.1. The van der Waals surface area contributed by atoms with Gasteiger partial charge in [-0.05, 0) is 49.2 Å². The molecule has 0 bridgehead atoms. The maximum Gasteiger partial charge on any atom is 0.270 e. The number of rotatable bonds is 4. The van der Waals surface area contributed by atoms with Crippen molar-refractivity contribution in [3.05, 3.63) is 81.4 Å². The van der Waals surface area contributed by atoms with E-state index in [1.807, 2.05) is 32.0 Å². The zero-order valence-electron chi connectivity index (χ0n) is 15.8. The molecule has 0 saturated heterocycles. The van der Waals surface area contributed by atoms with Gasteiger partial charge >= 0.3 is 0 Å². The van der Waals surface area contributed by atoms with E-state index in [1.54, 1.807) is 24.3 Å². The number of nitrogens with one attached hydrogen (secondary N) is 1. The number of aromatic nitrogens is 2. The number of imidazole rings is 1. The Labute approximate surface area is 166 Å². The molecule has 0 fully saturated rings. The molecule has 7 nitrogen and oxygen atoms in total. The van der Waals surface area contributed by atoms with Crippen LogP contribution in [0.25, 0.3) is 34.0 Å². The zero-order valence-corrected chi connectivity index (χ0v) is 15.8. The number of benzene rings is 2. The minimum absolute atomic E-state index is 0.00521. The van der Waals surface area contributed by atoms with E-state index in [9.17, 15) is 15.4 Å². The van der Waals surface area contributed by atoms with Gasteiger partial charge in [0.2, 0.25) is 0 Å². The van der Waals surface area contributed by atoms with Crippen molar-refractivity contribution < 1.29 is 9.34 Å². The number of nitrogens with zero attached hydrogens (tertiary/aromatic N) is 3. The standard InChI is InChI=1S/C22H16N4O3/c1-13-3-7-19-20(9-13)25-22(24-19)15(12-23)10-17-6-8-21(29-17)18-11-16(26(27)28)5-4-14(18)2/h3-11H,1-2H3,(H,24,25)/b15-10-. The Hall–Kier alpha value is -4.18. The van der Waals surface area contributed by atoms with Gasteiger partial charge in [0.1, 0.15) is 23.4 Å². The first-order valence-electron chi connectivity index (χ1n) is 8.88. The van der Waals surface area contributed by atoms with Gasteiger partial charge in [0.25, 0.3) is 5.69 Å². The fraction of sp³-hybridized carbons (Fsp3) is 0.0909. The van der Waals surface area contributed by atoms with Crippen LogP contribution in [0.5, 0.6) is 0 Å². The van der Waals surface area contributed by atoms with E-state index in [-0.39, 0.29) is 5.69 Å². The van der Waals surface area contributed by atoms with Crippen molar-refractivity contribution in [1.82, 2.24) is 9.97 Å². The monoisotopic (exact) mass is 384 g/mol. The molecule has 0 radical (unpaired) electrons. The SMILES string of the molecule is Cc1ccc2nc(/C(C#N)=C\c3ccc(-c4cc([N+](=O)[O-])ccc4C)o3)[nH]c2c1. The van der Waals surface area contributed by atoms with Gasteiger partial charge in [0.05, 0.1) is 21.5 Å². The summed E-state index contributed by atoms with van der Waals surface area (Å²) < 4.78 is 5.84. The molecule has 2 aromatic heterocycles. The highest BCUT2D eigenvalue weighted by molar-refractivity contribution is 5.89. The molecule has 29 heavy (non-hydrogen) atoms. The molecule has 2 heterocycles. The minimum atomic E-state index is -0.441. The molecule has 0 amide bonds. The number of aromatic amines is 1. The molecule has 0 aliphatic rings. The van der Waals surface area contributed by atoms with Crippen molar-refractivity contribution >= 4 is 28.4 Å². The van der Waals surface area contributed by atoms with Gasteiger partial charge in [-0.15, -0.1) is 0 Å². The maximum absolute atomic E-state index is 11.1. The van der Waals surface area contributed by atoms with E-state index in [1.165, 1.54) is 12.1 Å². The van der Waals surface area contributed by atoms with E-state index < -0.39 is 4.92 Å². The number of allylic oxidation sites excluding steroid dienone is 1. The van der Waals surface area contributed by atoms with Gasteiger partial charge in [0.15, 0.2) is 0 Å². The van der Waals surface area contributed by atoms with Crippen LogP contribution in [0, 0.1) is 35.3 Å². The second kappa shape index (κ2) is 7.09. The highest BCUT2D eigenvalue weighted by Crippen LogP contribution is 2.30. The quantitative estimate of drug-likeness (QED) is 0.287. The predicted octanol–water partition coefficient (Wildman–Crippen LogP) is 5.41. The zero-order chi connectivity index (χ0) is 20.5. The van der Waals surface area contributed by atoms with E-state index >= 15 is 0 Å². The van der Waals surface area contributed by atoms with Crippen LogP contribution in [0.1, 0.15) is 22.7 Å². The number of fused-ring (bicyclic) bond motifs is 1. The Balaban J connectivity index is 1.71. The molecule has 0 spiro atoms. The summed E-state index contributed by atoms with van der Waals surface area (Å²) in [5.74, 6) is 1.41. The first kappa shape index (κ1) is 18.2. The van der Waals surface area contributed by atoms with Gasteiger partial charge in [-0.3, -0.25) is 10.1 Å². The molecule has 0 unspecified atom stereocenters. The third-order valence-corrected chi connectivity index (χ3v) is 4.62.